The lowest BCUT2D eigenvalue weighted by Gasteiger charge is -2.37. The predicted octanol–water partition coefficient (Wildman–Crippen LogP) is 4.75. The van der Waals surface area contributed by atoms with Crippen molar-refractivity contribution in [3.8, 4) is 0 Å². The van der Waals surface area contributed by atoms with Gasteiger partial charge in [0.2, 0.25) is 5.91 Å². The second kappa shape index (κ2) is 8.91. The molecule has 0 unspecified atom stereocenters. The number of nitrogens with one attached hydrogen (secondary N) is 1. The van der Waals surface area contributed by atoms with E-state index in [1.54, 1.807) is 0 Å². The van der Waals surface area contributed by atoms with E-state index in [1.807, 2.05) is 51.9 Å². The summed E-state index contributed by atoms with van der Waals surface area (Å²) in [4.78, 5) is 32.5. The fraction of sp³-hybridized carbons (Fsp3) is 0.458. The summed E-state index contributed by atoms with van der Waals surface area (Å²) in [6.07, 6.45) is 0.824. The molecular weight excluding hydrogens is 410 g/mol. The molecule has 1 aromatic rings. The van der Waals surface area contributed by atoms with Gasteiger partial charge in [0.1, 0.15) is 0 Å². The van der Waals surface area contributed by atoms with Gasteiger partial charge in [-0.15, -0.1) is 0 Å². The van der Waals surface area contributed by atoms with Gasteiger partial charge in [-0.2, -0.15) is 0 Å². The average molecular weight is 442 g/mol. The smallest absolute Gasteiger partial charge is 0.338 e. The van der Waals surface area contributed by atoms with Crippen molar-refractivity contribution in [3.05, 3.63) is 57.3 Å². The number of carbonyl (C=O) groups excluding carboxylic acids is 2. The molecule has 166 valence electrons. The molecule has 0 radical (unpaired) electrons. The SMILES string of the molecule is CCC1=C(C(=O)OC)[C@@H](c2cc(C)ccc2C)N2C(CC(=O)NC(C)(C)C)=CSC2=N1. The highest BCUT2D eigenvalue weighted by molar-refractivity contribution is 8.16. The zero-order valence-electron chi connectivity index (χ0n) is 19.3. The number of benzene rings is 1. The highest BCUT2D eigenvalue weighted by Gasteiger charge is 2.42. The van der Waals surface area contributed by atoms with Gasteiger partial charge in [0.25, 0.3) is 0 Å². The standard InChI is InChI=1S/C24H31N3O3S/c1-8-18-20(22(29)30-7)21(17-11-14(2)9-10-15(17)3)27-16(13-31-23(27)25-18)12-19(28)26-24(4,5)6/h9-11,13,21H,8,12H2,1-7H3,(H,26,28)/t21-/m1/s1. The summed E-state index contributed by atoms with van der Waals surface area (Å²) in [7, 11) is 1.40. The first-order valence-electron chi connectivity index (χ1n) is 10.5. The van der Waals surface area contributed by atoms with Gasteiger partial charge in [-0.25, -0.2) is 9.79 Å². The number of amidine groups is 1. The number of nitrogens with zero attached hydrogens (tertiary/aromatic N) is 2. The maximum Gasteiger partial charge on any atom is 0.338 e. The summed E-state index contributed by atoms with van der Waals surface area (Å²) in [5.74, 6) is -0.453. The molecule has 2 aliphatic heterocycles. The van der Waals surface area contributed by atoms with Crippen molar-refractivity contribution in [1.82, 2.24) is 10.2 Å². The Morgan fingerprint density at radius 1 is 1.26 bits per heavy atom. The zero-order chi connectivity index (χ0) is 22.9. The number of fused-ring (bicyclic) bond motifs is 1. The molecule has 0 fully saturated rings. The number of esters is 1. The molecule has 0 saturated heterocycles. The van der Waals surface area contributed by atoms with Gasteiger partial charge in [0.05, 0.1) is 30.8 Å². The Kier molecular flexibility index (Phi) is 6.65. The van der Waals surface area contributed by atoms with Gasteiger partial charge < -0.3 is 15.0 Å². The van der Waals surface area contributed by atoms with E-state index in [0.29, 0.717) is 12.0 Å². The Morgan fingerprint density at radius 2 is 1.97 bits per heavy atom. The van der Waals surface area contributed by atoms with Crippen LogP contribution in [0.5, 0.6) is 0 Å². The van der Waals surface area contributed by atoms with Crippen molar-refractivity contribution in [2.45, 2.75) is 66.0 Å². The number of aliphatic imine (C=N–C) groups is 1. The summed E-state index contributed by atoms with van der Waals surface area (Å²) in [6.45, 7) is 11.9. The van der Waals surface area contributed by atoms with Crippen LogP contribution in [0.2, 0.25) is 0 Å². The second-order valence-electron chi connectivity index (χ2n) is 8.93. The average Bonchev–Trinajstić information content (AvgIpc) is 3.08. The minimum Gasteiger partial charge on any atom is -0.466 e. The Hall–Kier alpha value is -2.54. The van der Waals surface area contributed by atoms with Gasteiger partial charge in [0, 0.05) is 11.2 Å². The van der Waals surface area contributed by atoms with Crippen LogP contribution in [0.4, 0.5) is 0 Å². The first-order chi connectivity index (χ1) is 14.6. The zero-order valence-corrected chi connectivity index (χ0v) is 20.1. The van der Waals surface area contributed by atoms with Gasteiger partial charge >= 0.3 is 5.97 Å². The minimum absolute atomic E-state index is 0.0646. The van der Waals surface area contributed by atoms with Crippen molar-refractivity contribution in [2.24, 2.45) is 4.99 Å². The molecule has 6 nitrogen and oxygen atoms in total. The number of allylic oxidation sites excluding steroid dienone is 1. The first kappa shape index (κ1) is 23.1. The number of thioether (sulfide) groups is 1. The van der Waals surface area contributed by atoms with Crippen molar-refractivity contribution in [2.75, 3.05) is 7.11 Å². The predicted molar refractivity (Wildman–Crippen MR) is 125 cm³/mol. The van der Waals surface area contributed by atoms with E-state index in [4.69, 9.17) is 9.73 Å². The van der Waals surface area contributed by atoms with Gasteiger partial charge in [0.15, 0.2) is 5.17 Å². The number of amides is 1. The minimum atomic E-state index is -0.390. The van der Waals surface area contributed by atoms with E-state index in [0.717, 1.165) is 33.3 Å². The fourth-order valence-corrected chi connectivity index (χ4v) is 4.83. The number of ether oxygens (including phenoxy) is 1. The number of methoxy groups -OCH3 is 1. The Morgan fingerprint density at radius 3 is 2.58 bits per heavy atom. The number of rotatable bonds is 5. The van der Waals surface area contributed by atoms with Crippen LogP contribution in [0.3, 0.4) is 0 Å². The lowest BCUT2D eigenvalue weighted by Crippen LogP contribution is -2.42. The largest absolute Gasteiger partial charge is 0.466 e. The van der Waals surface area contributed by atoms with Crippen molar-refractivity contribution in [3.63, 3.8) is 0 Å². The van der Waals surface area contributed by atoms with Crippen LogP contribution in [0.25, 0.3) is 0 Å². The monoisotopic (exact) mass is 441 g/mol. The third kappa shape index (κ3) is 4.87. The Labute approximate surface area is 188 Å². The van der Waals surface area contributed by atoms with E-state index in [1.165, 1.54) is 18.9 Å². The summed E-state index contributed by atoms with van der Waals surface area (Å²) < 4.78 is 5.18. The topological polar surface area (TPSA) is 71.0 Å². The van der Waals surface area contributed by atoms with Crippen LogP contribution in [0, 0.1) is 13.8 Å². The lowest BCUT2D eigenvalue weighted by atomic mass is 9.89. The van der Waals surface area contributed by atoms with Crippen LogP contribution in [0.1, 0.15) is 63.3 Å². The van der Waals surface area contributed by atoms with Gasteiger partial charge in [-0.3, -0.25) is 4.79 Å². The third-order valence-electron chi connectivity index (χ3n) is 5.21. The van der Waals surface area contributed by atoms with E-state index >= 15 is 0 Å². The number of aryl methyl sites for hydroxylation is 2. The molecule has 31 heavy (non-hydrogen) atoms. The molecule has 1 amide bonds. The van der Waals surface area contributed by atoms with Crippen LogP contribution < -0.4 is 5.32 Å². The normalized spacial score (nSPS) is 18.4. The molecule has 0 aromatic heterocycles. The molecule has 3 rings (SSSR count). The number of hydrogen-bond donors (Lipinski definition) is 1. The maximum absolute atomic E-state index is 12.9. The highest BCUT2D eigenvalue weighted by atomic mass is 32.2. The molecule has 1 N–H and O–H groups in total. The third-order valence-corrected chi connectivity index (χ3v) is 6.10. The molecule has 2 heterocycles. The molecule has 0 bridgehead atoms. The molecule has 1 aromatic carbocycles. The van der Waals surface area contributed by atoms with E-state index < -0.39 is 6.04 Å². The quantitative estimate of drug-likeness (QED) is 0.668. The highest BCUT2D eigenvalue weighted by Crippen LogP contribution is 2.46. The first-order valence-corrected chi connectivity index (χ1v) is 11.4. The van der Waals surface area contributed by atoms with Crippen LogP contribution >= 0.6 is 11.8 Å². The van der Waals surface area contributed by atoms with E-state index in [9.17, 15) is 9.59 Å². The second-order valence-corrected chi connectivity index (χ2v) is 9.77. The van der Waals surface area contributed by atoms with Crippen molar-refractivity contribution in [1.29, 1.82) is 0 Å². The van der Waals surface area contributed by atoms with Crippen LogP contribution in [-0.4, -0.2) is 34.6 Å². The lowest BCUT2D eigenvalue weighted by molar-refractivity contribution is -0.136. The summed E-state index contributed by atoms with van der Waals surface area (Å²) >= 11 is 1.49. The molecule has 1 atom stereocenters. The van der Waals surface area contributed by atoms with Crippen LogP contribution in [0.15, 0.2) is 45.6 Å². The van der Waals surface area contributed by atoms with Crippen LogP contribution in [-0.2, 0) is 14.3 Å². The van der Waals surface area contributed by atoms with Gasteiger partial charge in [-0.05, 0) is 57.6 Å². The van der Waals surface area contributed by atoms with E-state index in [-0.39, 0.29) is 23.8 Å². The molecule has 0 spiro atoms. The molecular formula is C24H31N3O3S. The number of hydrogen-bond acceptors (Lipinski definition) is 6. The Balaban J connectivity index is 2.11. The summed E-state index contributed by atoms with van der Waals surface area (Å²) in [6, 6.07) is 5.84. The van der Waals surface area contributed by atoms with Crippen molar-refractivity contribution < 1.29 is 14.3 Å². The molecule has 7 heteroatoms. The molecule has 0 saturated carbocycles. The van der Waals surface area contributed by atoms with Gasteiger partial charge in [-0.1, -0.05) is 42.4 Å². The summed E-state index contributed by atoms with van der Waals surface area (Å²) in [5, 5.41) is 5.77. The molecule has 2 aliphatic rings. The summed E-state index contributed by atoms with van der Waals surface area (Å²) in [5.41, 5.74) is 4.97. The maximum atomic E-state index is 12.9. The fourth-order valence-electron chi connectivity index (χ4n) is 3.89. The van der Waals surface area contributed by atoms with Crippen molar-refractivity contribution >= 4 is 28.8 Å². The molecule has 0 aliphatic carbocycles. The van der Waals surface area contributed by atoms with E-state index in [2.05, 4.69) is 23.5 Å². The Bertz CT molecular complexity index is 1000. The number of carbonyl (C=O) groups is 2.